The summed E-state index contributed by atoms with van der Waals surface area (Å²) in [7, 11) is 0. The van der Waals surface area contributed by atoms with Crippen molar-refractivity contribution in [1.82, 2.24) is 0 Å². The number of nitrogens with two attached hydrogens (primary N) is 1. The first-order valence-electron chi connectivity index (χ1n) is 5.35. The second kappa shape index (κ2) is 6.47. The smallest absolute Gasteiger partial charge is 0.00514 e. The molecule has 0 radical (unpaired) electrons. The molecule has 3 unspecified atom stereocenters. The molecule has 0 aliphatic rings. The molecule has 0 saturated carbocycles. The Kier molecular flexibility index (Phi) is 6.45. The minimum atomic E-state index is 0.698. The van der Waals surface area contributed by atoms with Gasteiger partial charge in [-0.05, 0) is 30.7 Å². The molecule has 0 saturated heterocycles. The summed E-state index contributed by atoms with van der Waals surface area (Å²) in [5.74, 6) is 2.45. The molecule has 0 fully saturated rings. The largest absolute Gasteiger partial charge is 0.330 e. The summed E-state index contributed by atoms with van der Waals surface area (Å²) >= 11 is 0. The first-order valence-corrected chi connectivity index (χ1v) is 5.35. The van der Waals surface area contributed by atoms with E-state index >= 15 is 0 Å². The van der Waals surface area contributed by atoms with E-state index < -0.39 is 0 Å². The Labute approximate surface area is 77.7 Å². The summed E-state index contributed by atoms with van der Waals surface area (Å²) in [6.07, 6.45) is 3.91. The second-order valence-corrected chi connectivity index (χ2v) is 4.13. The van der Waals surface area contributed by atoms with Crippen molar-refractivity contribution in [1.29, 1.82) is 0 Å². The Morgan fingerprint density at radius 2 is 1.67 bits per heavy atom. The summed E-state index contributed by atoms with van der Waals surface area (Å²) in [5, 5.41) is 0. The average Bonchev–Trinajstić information content (AvgIpc) is 2.12. The molecule has 0 rings (SSSR count). The van der Waals surface area contributed by atoms with Gasteiger partial charge in [0.15, 0.2) is 0 Å². The summed E-state index contributed by atoms with van der Waals surface area (Å²) in [6, 6.07) is 0. The highest BCUT2D eigenvalue weighted by molar-refractivity contribution is 4.67. The zero-order chi connectivity index (χ0) is 9.56. The van der Waals surface area contributed by atoms with Gasteiger partial charge < -0.3 is 5.73 Å². The van der Waals surface area contributed by atoms with Crippen LogP contribution < -0.4 is 5.73 Å². The van der Waals surface area contributed by atoms with Gasteiger partial charge in [-0.1, -0.05) is 40.5 Å². The fourth-order valence-electron chi connectivity index (χ4n) is 1.75. The van der Waals surface area contributed by atoms with E-state index in [1.54, 1.807) is 0 Å². The van der Waals surface area contributed by atoms with Crippen LogP contribution in [-0.2, 0) is 0 Å². The van der Waals surface area contributed by atoms with Gasteiger partial charge in [0.25, 0.3) is 0 Å². The molecular formula is C11H25N. The van der Waals surface area contributed by atoms with Crippen molar-refractivity contribution in [3.05, 3.63) is 0 Å². The highest BCUT2D eigenvalue weighted by atomic mass is 14.5. The lowest BCUT2D eigenvalue weighted by Gasteiger charge is -2.24. The third-order valence-corrected chi connectivity index (χ3v) is 3.08. The van der Waals surface area contributed by atoms with Gasteiger partial charge in [-0.25, -0.2) is 0 Å². The van der Waals surface area contributed by atoms with E-state index in [0.29, 0.717) is 5.92 Å². The first kappa shape index (κ1) is 12.0. The van der Waals surface area contributed by atoms with Crippen LogP contribution in [0, 0.1) is 17.8 Å². The predicted octanol–water partition coefficient (Wildman–Crippen LogP) is 3.04. The molecule has 0 heterocycles. The molecule has 0 spiro atoms. The highest BCUT2D eigenvalue weighted by Gasteiger charge is 2.15. The number of hydrogen-bond acceptors (Lipinski definition) is 1. The second-order valence-electron chi connectivity index (χ2n) is 4.13. The lowest BCUT2D eigenvalue weighted by atomic mass is 9.83. The van der Waals surface area contributed by atoms with Crippen LogP contribution in [0.2, 0.25) is 0 Å². The molecule has 0 amide bonds. The maximum atomic E-state index is 5.62. The molecule has 0 aliphatic heterocycles. The first-order chi connectivity index (χ1) is 5.65. The van der Waals surface area contributed by atoms with Gasteiger partial charge in [-0.3, -0.25) is 0 Å². The molecule has 0 aromatic carbocycles. The van der Waals surface area contributed by atoms with E-state index in [1.165, 1.54) is 19.3 Å². The summed E-state index contributed by atoms with van der Waals surface area (Å²) in [6.45, 7) is 10.0. The fourth-order valence-corrected chi connectivity index (χ4v) is 1.75. The Morgan fingerprint density at radius 3 is 2.00 bits per heavy atom. The van der Waals surface area contributed by atoms with Crippen LogP contribution in [-0.4, -0.2) is 6.54 Å². The van der Waals surface area contributed by atoms with Crippen LogP contribution in [0.25, 0.3) is 0 Å². The van der Waals surface area contributed by atoms with Gasteiger partial charge >= 0.3 is 0 Å². The van der Waals surface area contributed by atoms with Crippen LogP contribution in [0.5, 0.6) is 0 Å². The van der Waals surface area contributed by atoms with Crippen molar-refractivity contribution in [2.75, 3.05) is 6.54 Å². The molecule has 74 valence electrons. The third-order valence-electron chi connectivity index (χ3n) is 3.08. The van der Waals surface area contributed by atoms with Gasteiger partial charge in [0.05, 0.1) is 0 Å². The molecule has 1 nitrogen and oxygen atoms in total. The molecular weight excluding hydrogens is 146 g/mol. The lowest BCUT2D eigenvalue weighted by molar-refractivity contribution is 0.278. The quantitative estimate of drug-likeness (QED) is 0.653. The lowest BCUT2D eigenvalue weighted by Crippen LogP contribution is -2.19. The van der Waals surface area contributed by atoms with Gasteiger partial charge in [0.1, 0.15) is 0 Å². The Morgan fingerprint density at radius 1 is 1.08 bits per heavy atom. The predicted molar refractivity (Wildman–Crippen MR) is 56.1 cm³/mol. The number of rotatable bonds is 6. The van der Waals surface area contributed by atoms with E-state index in [0.717, 1.165) is 18.4 Å². The molecule has 2 N–H and O–H groups in total. The van der Waals surface area contributed by atoms with Crippen molar-refractivity contribution in [2.45, 2.75) is 47.0 Å². The van der Waals surface area contributed by atoms with Crippen molar-refractivity contribution < 1.29 is 0 Å². The standard InChI is InChI=1S/C11H25N/c1-5-10(4)11(6-2)7-9(3)8-12/h9-11H,5-8,12H2,1-4H3. The minimum absolute atomic E-state index is 0.698. The van der Waals surface area contributed by atoms with Crippen LogP contribution in [0.3, 0.4) is 0 Å². The van der Waals surface area contributed by atoms with Crippen molar-refractivity contribution >= 4 is 0 Å². The zero-order valence-electron chi connectivity index (χ0n) is 9.14. The minimum Gasteiger partial charge on any atom is -0.330 e. The Hall–Kier alpha value is -0.0400. The molecule has 0 aliphatic carbocycles. The van der Waals surface area contributed by atoms with Crippen molar-refractivity contribution in [3.8, 4) is 0 Å². The third kappa shape index (κ3) is 4.10. The van der Waals surface area contributed by atoms with Gasteiger partial charge in [-0.15, -0.1) is 0 Å². The molecule has 0 aromatic rings. The highest BCUT2D eigenvalue weighted by Crippen LogP contribution is 2.25. The molecule has 3 atom stereocenters. The SMILES string of the molecule is CCC(C)C(CC)CC(C)CN. The zero-order valence-corrected chi connectivity index (χ0v) is 9.14. The summed E-state index contributed by atoms with van der Waals surface area (Å²) in [4.78, 5) is 0. The molecule has 0 bridgehead atoms. The number of hydrogen-bond donors (Lipinski definition) is 1. The Bertz CT molecular complexity index is 101. The van der Waals surface area contributed by atoms with Crippen molar-refractivity contribution in [3.63, 3.8) is 0 Å². The van der Waals surface area contributed by atoms with Crippen LogP contribution in [0.15, 0.2) is 0 Å². The maximum absolute atomic E-state index is 5.62. The molecule has 12 heavy (non-hydrogen) atoms. The van der Waals surface area contributed by atoms with E-state index in [9.17, 15) is 0 Å². The summed E-state index contributed by atoms with van der Waals surface area (Å²) in [5.41, 5.74) is 5.62. The van der Waals surface area contributed by atoms with E-state index in [1.807, 2.05) is 0 Å². The van der Waals surface area contributed by atoms with E-state index in [2.05, 4.69) is 27.7 Å². The van der Waals surface area contributed by atoms with Crippen molar-refractivity contribution in [2.24, 2.45) is 23.5 Å². The van der Waals surface area contributed by atoms with Gasteiger partial charge in [-0.2, -0.15) is 0 Å². The van der Waals surface area contributed by atoms with E-state index in [4.69, 9.17) is 5.73 Å². The van der Waals surface area contributed by atoms with Crippen LogP contribution in [0.4, 0.5) is 0 Å². The Balaban J connectivity index is 3.81. The van der Waals surface area contributed by atoms with Gasteiger partial charge in [0, 0.05) is 0 Å². The maximum Gasteiger partial charge on any atom is -0.00514 e. The molecule has 0 aromatic heterocycles. The van der Waals surface area contributed by atoms with Gasteiger partial charge in [0.2, 0.25) is 0 Å². The summed E-state index contributed by atoms with van der Waals surface area (Å²) < 4.78 is 0. The monoisotopic (exact) mass is 171 g/mol. The molecule has 1 heteroatoms. The average molecular weight is 171 g/mol. The topological polar surface area (TPSA) is 26.0 Å². The fraction of sp³-hybridized carbons (Fsp3) is 1.00. The normalized spacial score (nSPS) is 18.8. The van der Waals surface area contributed by atoms with E-state index in [-0.39, 0.29) is 0 Å². The van der Waals surface area contributed by atoms with Crippen LogP contribution >= 0.6 is 0 Å². The van der Waals surface area contributed by atoms with Crippen LogP contribution in [0.1, 0.15) is 47.0 Å².